The van der Waals surface area contributed by atoms with Gasteiger partial charge < -0.3 is 9.84 Å². The van der Waals surface area contributed by atoms with Crippen LogP contribution in [-0.4, -0.2) is 17.6 Å². The summed E-state index contributed by atoms with van der Waals surface area (Å²) in [5.41, 5.74) is 1.41. The number of benzene rings is 1. The molecule has 18 heavy (non-hydrogen) atoms. The number of carbonyl (C=O) groups is 1. The summed E-state index contributed by atoms with van der Waals surface area (Å²) in [7, 11) is 0. The Balaban J connectivity index is 1.94. The number of para-hydroxylation sites is 1. The molecule has 94 valence electrons. The van der Waals surface area contributed by atoms with Gasteiger partial charge in [-0.1, -0.05) is 29.4 Å². The Morgan fingerprint density at radius 2 is 2.28 bits per heavy atom. The first-order chi connectivity index (χ1) is 8.81. The fourth-order valence-electron chi connectivity index (χ4n) is 1.74. The molecule has 4 nitrogen and oxygen atoms in total. The van der Waals surface area contributed by atoms with Crippen molar-refractivity contribution in [3.63, 3.8) is 0 Å². The van der Waals surface area contributed by atoms with Crippen molar-refractivity contribution in [2.24, 2.45) is 0 Å². The zero-order valence-corrected chi connectivity index (χ0v) is 10.3. The Morgan fingerprint density at radius 1 is 1.44 bits per heavy atom. The number of hydrogen-bond donors (Lipinski definition) is 1. The van der Waals surface area contributed by atoms with E-state index in [1.165, 1.54) is 0 Å². The number of aromatic nitrogens is 1. The van der Waals surface area contributed by atoms with Gasteiger partial charge in [0.05, 0.1) is 6.42 Å². The number of carbonyl (C=O) groups excluding carboxylic acids is 1. The van der Waals surface area contributed by atoms with E-state index in [2.05, 4.69) is 10.5 Å². The number of nitrogens with one attached hydrogen (secondary N) is 1. The van der Waals surface area contributed by atoms with Crippen LogP contribution in [0, 0.1) is 0 Å². The van der Waals surface area contributed by atoms with Gasteiger partial charge in [0.1, 0.15) is 5.69 Å². The van der Waals surface area contributed by atoms with Crippen LogP contribution in [0.3, 0.4) is 0 Å². The second-order valence-corrected chi connectivity index (χ2v) is 4.01. The molecule has 0 fully saturated rings. The van der Waals surface area contributed by atoms with E-state index < -0.39 is 0 Å². The van der Waals surface area contributed by atoms with Crippen molar-refractivity contribution >= 4 is 16.9 Å². The quantitative estimate of drug-likeness (QED) is 0.649. The number of amides is 1. The van der Waals surface area contributed by atoms with Gasteiger partial charge in [-0.2, -0.15) is 0 Å². The average Bonchev–Trinajstić information content (AvgIpc) is 2.78. The number of allylic oxidation sites excluding steroid dienone is 1. The van der Waals surface area contributed by atoms with E-state index in [0.29, 0.717) is 17.8 Å². The Kier molecular flexibility index (Phi) is 4.12. The molecule has 2 rings (SSSR count). The van der Waals surface area contributed by atoms with Gasteiger partial charge >= 0.3 is 0 Å². The van der Waals surface area contributed by atoms with E-state index in [1.807, 2.05) is 43.3 Å². The number of hydrogen-bond acceptors (Lipinski definition) is 3. The molecule has 1 amide bonds. The van der Waals surface area contributed by atoms with E-state index in [9.17, 15) is 4.79 Å². The molecule has 0 radical (unpaired) electrons. The molecule has 1 aromatic carbocycles. The minimum Gasteiger partial charge on any atom is -0.356 e. The molecule has 0 saturated heterocycles. The third kappa shape index (κ3) is 2.97. The highest BCUT2D eigenvalue weighted by Gasteiger charge is 2.11. The molecule has 0 aliphatic carbocycles. The molecule has 1 heterocycles. The van der Waals surface area contributed by atoms with Gasteiger partial charge in [-0.25, -0.2) is 0 Å². The highest BCUT2D eigenvalue weighted by atomic mass is 16.5. The Labute approximate surface area is 106 Å². The van der Waals surface area contributed by atoms with Crippen LogP contribution >= 0.6 is 0 Å². The van der Waals surface area contributed by atoms with Crippen LogP contribution in [0.25, 0.3) is 11.0 Å². The SMILES string of the molecule is C/C=C/CCNC(=O)Cc1noc2ccccc12. The normalized spacial score (nSPS) is 11.2. The Morgan fingerprint density at radius 3 is 3.11 bits per heavy atom. The maximum Gasteiger partial charge on any atom is 0.226 e. The zero-order valence-electron chi connectivity index (χ0n) is 10.3. The van der Waals surface area contributed by atoms with E-state index in [0.717, 1.165) is 11.8 Å². The zero-order chi connectivity index (χ0) is 12.8. The summed E-state index contributed by atoms with van der Waals surface area (Å²) in [6.45, 7) is 2.61. The van der Waals surface area contributed by atoms with Gasteiger partial charge in [0.15, 0.2) is 5.58 Å². The fourth-order valence-corrected chi connectivity index (χ4v) is 1.74. The molecule has 0 spiro atoms. The van der Waals surface area contributed by atoms with Gasteiger partial charge in [-0.05, 0) is 25.5 Å². The molecule has 0 saturated carbocycles. The first-order valence-electron chi connectivity index (χ1n) is 6.02. The lowest BCUT2D eigenvalue weighted by Gasteiger charge is -2.01. The average molecular weight is 244 g/mol. The minimum atomic E-state index is -0.0291. The standard InChI is InChI=1S/C14H16N2O2/c1-2-3-6-9-15-14(17)10-12-11-7-4-5-8-13(11)18-16-12/h2-5,7-8H,6,9-10H2,1H3,(H,15,17)/b3-2+. The van der Waals surface area contributed by atoms with Crippen LogP contribution in [0.2, 0.25) is 0 Å². The van der Waals surface area contributed by atoms with Crippen molar-refractivity contribution in [1.82, 2.24) is 10.5 Å². The minimum absolute atomic E-state index is 0.0291. The van der Waals surface area contributed by atoms with Gasteiger partial charge in [-0.15, -0.1) is 0 Å². The van der Waals surface area contributed by atoms with Crippen molar-refractivity contribution in [2.45, 2.75) is 19.8 Å². The largest absolute Gasteiger partial charge is 0.356 e. The summed E-state index contributed by atoms with van der Waals surface area (Å²) in [6.07, 6.45) is 5.09. The summed E-state index contributed by atoms with van der Waals surface area (Å²) in [6, 6.07) is 7.55. The molecule has 1 N–H and O–H groups in total. The van der Waals surface area contributed by atoms with Crippen molar-refractivity contribution in [3.05, 3.63) is 42.1 Å². The lowest BCUT2D eigenvalue weighted by atomic mass is 10.1. The van der Waals surface area contributed by atoms with Crippen LogP contribution in [-0.2, 0) is 11.2 Å². The summed E-state index contributed by atoms with van der Waals surface area (Å²) in [4.78, 5) is 11.7. The second kappa shape index (κ2) is 6.00. The lowest BCUT2D eigenvalue weighted by Crippen LogP contribution is -2.25. The first kappa shape index (κ1) is 12.4. The third-order valence-corrected chi connectivity index (χ3v) is 2.65. The molecular formula is C14H16N2O2. The van der Waals surface area contributed by atoms with E-state index in [1.54, 1.807) is 0 Å². The van der Waals surface area contributed by atoms with E-state index in [-0.39, 0.29) is 12.3 Å². The van der Waals surface area contributed by atoms with Gasteiger partial charge in [0, 0.05) is 11.9 Å². The molecule has 1 aromatic heterocycles. The predicted octanol–water partition coefficient (Wildman–Crippen LogP) is 2.45. The molecule has 0 unspecified atom stereocenters. The highest BCUT2D eigenvalue weighted by Crippen LogP contribution is 2.17. The van der Waals surface area contributed by atoms with E-state index in [4.69, 9.17) is 4.52 Å². The molecule has 0 aliphatic heterocycles. The summed E-state index contributed by atoms with van der Waals surface area (Å²) >= 11 is 0. The molecule has 2 aromatic rings. The monoisotopic (exact) mass is 244 g/mol. The van der Waals surface area contributed by atoms with Crippen LogP contribution in [0.4, 0.5) is 0 Å². The summed E-state index contributed by atoms with van der Waals surface area (Å²) < 4.78 is 5.15. The second-order valence-electron chi connectivity index (χ2n) is 4.01. The topological polar surface area (TPSA) is 55.1 Å². The summed E-state index contributed by atoms with van der Waals surface area (Å²) in [5, 5.41) is 7.68. The number of fused-ring (bicyclic) bond motifs is 1. The maximum atomic E-state index is 11.7. The molecular weight excluding hydrogens is 228 g/mol. The summed E-state index contributed by atoms with van der Waals surface area (Å²) in [5.74, 6) is -0.0291. The van der Waals surface area contributed by atoms with Gasteiger partial charge in [0.2, 0.25) is 5.91 Å². The Hall–Kier alpha value is -2.10. The van der Waals surface area contributed by atoms with Crippen LogP contribution in [0.15, 0.2) is 40.9 Å². The fraction of sp³-hybridized carbons (Fsp3) is 0.286. The number of rotatable bonds is 5. The molecule has 0 aliphatic rings. The predicted molar refractivity (Wildman–Crippen MR) is 70.2 cm³/mol. The van der Waals surface area contributed by atoms with Crippen molar-refractivity contribution < 1.29 is 9.32 Å². The van der Waals surface area contributed by atoms with Crippen LogP contribution in [0.5, 0.6) is 0 Å². The van der Waals surface area contributed by atoms with Gasteiger partial charge in [-0.3, -0.25) is 4.79 Å². The third-order valence-electron chi connectivity index (χ3n) is 2.65. The van der Waals surface area contributed by atoms with Gasteiger partial charge in [0.25, 0.3) is 0 Å². The van der Waals surface area contributed by atoms with Crippen molar-refractivity contribution in [2.75, 3.05) is 6.54 Å². The highest BCUT2D eigenvalue weighted by molar-refractivity contribution is 5.86. The lowest BCUT2D eigenvalue weighted by molar-refractivity contribution is -0.120. The van der Waals surface area contributed by atoms with Crippen LogP contribution < -0.4 is 5.32 Å². The first-order valence-corrected chi connectivity index (χ1v) is 6.02. The molecule has 4 heteroatoms. The van der Waals surface area contributed by atoms with Crippen molar-refractivity contribution in [3.8, 4) is 0 Å². The van der Waals surface area contributed by atoms with Crippen LogP contribution in [0.1, 0.15) is 19.0 Å². The Bertz CT molecular complexity index is 558. The molecule has 0 bridgehead atoms. The smallest absolute Gasteiger partial charge is 0.226 e. The number of nitrogens with zero attached hydrogens (tertiary/aromatic N) is 1. The van der Waals surface area contributed by atoms with Crippen molar-refractivity contribution in [1.29, 1.82) is 0 Å². The maximum absolute atomic E-state index is 11.7. The van der Waals surface area contributed by atoms with E-state index >= 15 is 0 Å². The molecule has 0 atom stereocenters.